The maximum atomic E-state index is 13.5. The Kier molecular flexibility index (Phi) is 7.37. The summed E-state index contributed by atoms with van der Waals surface area (Å²) < 4.78 is 68.1. The van der Waals surface area contributed by atoms with E-state index < -0.39 is 33.9 Å². The molecule has 1 aromatic carbocycles. The van der Waals surface area contributed by atoms with E-state index in [0.29, 0.717) is 0 Å². The number of hydrogen-bond acceptors (Lipinski definition) is 8. The fraction of sp³-hybridized carbons (Fsp3) is 0.280. The molecule has 0 atom stereocenters. The molecule has 0 fully saturated rings. The number of hydrogen-bond donors (Lipinski definition) is 3. The zero-order valence-corrected chi connectivity index (χ0v) is 21.5. The summed E-state index contributed by atoms with van der Waals surface area (Å²) in [6.45, 7) is 4.97. The van der Waals surface area contributed by atoms with Crippen LogP contribution in [0.1, 0.15) is 37.7 Å². The molecular formula is C25H25F3N6O3S. The van der Waals surface area contributed by atoms with Gasteiger partial charge in [0.25, 0.3) is 0 Å². The van der Waals surface area contributed by atoms with E-state index >= 15 is 0 Å². The molecule has 0 radical (unpaired) electrons. The number of benzene rings is 1. The van der Waals surface area contributed by atoms with E-state index in [0.717, 1.165) is 11.6 Å². The number of alkyl halides is 3. The Balaban J connectivity index is 1.62. The zero-order chi connectivity index (χ0) is 27.7. The van der Waals surface area contributed by atoms with E-state index in [9.17, 15) is 26.7 Å². The SMILES string of the molecule is CC(C)(C)NS(=O)(=O)c1ccc(CNc2nc(CO)nc3cc(-c4ncccc4C(F)(F)F)cnc23)cc1. The Bertz CT molecular complexity index is 1570. The molecule has 0 aliphatic carbocycles. The quantitative estimate of drug-likeness (QED) is 0.313. The number of anilines is 1. The average Bonchev–Trinajstić information content (AvgIpc) is 2.85. The molecule has 0 aliphatic heterocycles. The second kappa shape index (κ2) is 10.2. The van der Waals surface area contributed by atoms with E-state index in [-0.39, 0.29) is 45.4 Å². The number of nitrogens with one attached hydrogen (secondary N) is 2. The highest BCUT2D eigenvalue weighted by Gasteiger charge is 2.34. The molecule has 0 aliphatic rings. The lowest BCUT2D eigenvalue weighted by molar-refractivity contribution is -0.137. The Labute approximate surface area is 217 Å². The van der Waals surface area contributed by atoms with Gasteiger partial charge in [0.1, 0.15) is 12.1 Å². The fourth-order valence-electron chi connectivity index (χ4n) is 3.69. The van der Waals surface area contributed by atoms with Gasteiger partial charge in [-0.05, 0) is 56.7 Å². The third-order valence-electron chi connectivity index (χ3n) is 5.24. The lowest BCUT2D eigenvalue weighted by Crippen LogP contribution is -2.40. The molecule has 0 saturated carbocycles. The molecule has 3 heterocycles. The Morgan fingerprint density at radius 3 is 2.34 bits per heavy atom. The number of sulfonamides is 1. The van der Waals surface area contributed by atoms with E-state index in [1.54, 1.807) is 32.9 Å². The normalized spacial score (nSPS) is 12.6. The van der Waals surface area contributed by atoms with E-state index in [4.69, 9.17) is 0 Å². The number of halogens is 3. The summed E-state index contributed by atoms with van der Waals surface area (Å²) in [4.78, 5) is 16.8. The predicted molar refractivity (Wildman–Crippen MR) is 135 cm³/mol. The monoisotopic (exact) mass is 546 g/mol. The van der Waals surface area contributed by atoms with Crippen LogP contribution < -0.4 is 10.0 Å². The molecule has 3 N–H and O–H groups in total. The van der Waals surface area contributed by atoms with Gasteiger partial charge >= 0.3 is 6.18 Å². The van der Waals surface area contributed by atoms with Crippen LogP contribution in [0, 0.1) is 0 Å². The van der Waals surface area contributed by atoms with Crippen molar-refractivity contribution in [3.8, 4) is 11.3 Å². The highest BCUT2D eigenvalue weighted by Crippen LogP contribution is 2.36. The van der Waals surface area contributed by atoms with Crippen molar-refractivity contribution in [3.63, 3.8) is 0 Å². The molecule has 3 aromatic heterocycles. The molecule has 0 saturated heterocycles. The first-order valence-electron chi connectivity index (χ1n) is 11.4. The number of nitrogens with zero attached hydrogens (tertiary/aromatic N) is 4. The zero-order valence-electron chi connectivity index (χ0n) is 20.7. The van der Waals surface area contributed by atoms with Crippen molar-refractivity contribution in [2.75, 3.05) is 5.32 Å². The average molecular weight is 547 g/mol. The number of pyridine rings is 2. The maximum Gasteiger partial charge on any atom is 0.418 e. The van der Waals surface area contributed by atoms with Crippen LogP contribution in [0.3, 0.4) is 0 Å². The van der Waals surface area contributed by atoms with Gasteiger partial charge in [0.15, 0.2) is 11.6 Å². The molecule has 0 amide bonds. The summed E-state index contributed by atoms with van der Waals surface area (Å²) >= 11 is 0. The first-order chi connectivity index (χ1) is 17.8. The second-order valence-electron chi connectivity index (χ2n) is 9.49. The molecule has 0 bridgehead atoms. The third kappa shape index (κ3) is 6.23. The van der Waals surface area contributed by atoms with Crippen molar-refractivity contribution >= 4 is 26.9 Å². The topological polar surface area (TPSA) is 130 Å². The van der Waals surface area contributed by atoms with Crippen molar-refractivity contribution in [3.05, 3.63) is 71.8 Å². The second-order valence-corrected chi connectivity index (χ2v) is 11.2. The van der Waals surface area contributed by atoms with Gasteiger partial charge in [0.05, 0.1) is 21.7 Å². The molecular weight excluding hydrogens is 521 g/mol. The molecule has 0 unspecified atom stereocenters. The lowest BCUT2D eigenvalue weighted by atomic mass is 10.1. The number of fused-ring (bicyclic) bond motifs is 1. The van der Waals surface area contributed by atoms with Crippen LogP contribution in [0.5, 0.6) is 0 Å². The number of aliphatic hydroxyl groups is 1. The molecule has 38 heavy (non-hydrogen) atoms. The van der Waals surface area contributed by atoms with Crippen LogP contribution in [-0.2, 0) is 29.4 Å². The van der Waals surface area contributed by atoms with Crippen LogP contribution in [-0.4, -0.2) is 39.0 Å². The third-order valence-corrected chi connectivity index (χ3v) is 7.02. The highest BCUT2D eigenvalue weighted by molar-refractivity contribution is 7.89. The van der Waals surface area contributed by atoms with Crippen LogP contribution in [0.25, 0.3) is 22.3 Å². The molecule has 0 spiro atoms. The number of aliphatic hydroxyl groups excluding tert-OH is 1. The predicted octanol–water partition coefficient (Wildman–Crippen LogP) is 4.29. The van der Waals surface area contributed by atoms with E-state index in [1.807, 2.05) is 0 Å². The van der Waals surface area contributed by atoms with Crippen LogP contribution in [0.15, 0.2) is 59.8 Å². The molecule has 9 nitrogen and oxygen atoms in total. The van der Waals surface area contributed by atoms with Gasteiger partial charge in [0, 0.05) is 30.0 Å². The van der Waals surface area contributed by atoms with E-state index in [2.05, 4.69) is 30.0 Å². The number of rotatable bonds is 7. The highest BCUT2D eigenvalue weighted by atomic mass is 32.2. The molecule has 4 rings (SSSR count). The summed E-state index contributed by atoms with van der Waals surface area (Å²) in [7, 11) is -3.68. The standard InChI is InChI=1S/C25H25F3N6O3S/c1-24(2,3)34-38(36,37)17-8-6-15(7-9-17)12-31-23-22-19(32-20(14-35)33-23)11-16(13-30-22)21-18(25(26,27)28)5-4-10-29-21/h4-11,13,34-35H,12,14H2,1-3H3,(H,31,32,33). The molecule has 13 heteroatoms. The van der Waals surface area contributed by atoms with Crippen LogP contribution in [0.2, 0.25) is 0 Å². The summed E-state index contributed by atoms with van der Waals surface area (Å²) in [6, 6.07) is 9.81. The molecule has 4 aromatic rings. The minimum atomic E-state index is -4.61. The smallest absolute Gasteiger partial charge is 0.388 e. The largest absolute Gasteiger partial charge is 0.418 e. The van der Waals surface area contributed by atoms with Crippen LogP contribution >= 0.6 is 0 Å². The van der Waals surface area contributed by atoms with Crippen LogP contribution in [0.4, 0.5) is 19.0 Å². The summed E-state index contributed by atoms with van der Waals surface area (Å²) in [6.07, 6.45) is -2.09. The van der Waals surface area contributed by atoms with Crippen molar-refractivity contribution in [1.29, 1.82) is 0 Å². The summed E-state index contributed by atoms with van der Waals surface area (Å²) in [5.41, 5.74) is -0.476. The summed E-state index contributed by atoms with van der Waals surface area (Å²) in [5, 5.41) is 12.7. The minimum absolute atomic E-state index is 0.0470. The Morgan fingerprint density at radius 2 is 1.71 bits per heavy atom. The Morgan fingerprint density at radius 1 is 1.00 bits per heavy atom. The lowest BCUT2D eigenvalue weighted by Gasteiger charge is -2.20. The minimum Gasteiger partial charge on any atom is -0.388 e. The molecule has 200 valence electrons. The van der Waals surface area contributed by atoms with Crippen molar-refractivity contribution in [2.45, 2.75) is 50.5 Å². The van der Waals surface area contributed by atoms with Gasteiger partial charge in [-0.15, -0.1) is 0 Å². The maximum absolute atomic E-state index is 13.5. The van der Waals surface area contributed by atoms with Gasteiger partial charge in [-0.1, -0.05) is 12.1 Å². The van der Waals surface area contributed by atoms with Gasteiger partial charge in [-0.25, -0.2) is 28.1 Å². The van der Waals surface area contributed by atoms with Gasteiger partial charge < -0.3 is 10.4 Å². The van der Waals surface area contributed by atoms with Crippen molar-refractivity contribution in [1.82, 2.24) is 24.7 Å². The van der Waals surface area contributed by atoms with E-state index in [1.165, 1.54) is 36.7 Å². The van der Waals surface area contributed by atoms with Crippen molar-refractivity contribution < 1.29 is 26.7 Å². The first kappa shape index (κ1) is 27.4. The van der Waals surface area contributed by atoms with Crippen molar-refractivity contribution in [2.24, 2.45) is 0 Å². The van der Waals surface area contributed by atoms with Gasteiger partial charge in [-0.3, -0.25) is 4.98 Å². The van der Waals surface area contributed by atoms with Gasteiger partial charge in [0.2, 0.25) is 10.0 Å². The first-order valence-corrected chi connectivity index (χ1v) is 12.9. The fourth-order valence-corrected chi connectivity index (χ4v) is 5.11. The summed E-state index contributed by atoms with van der Waals surface area (Å²) in [5.74, 6) is 0.305. The Hall–Kier alpha value is -3.68. The van der Waals surface area contributed by atoms with Gasteiger partial charge in [-0.2, -0.15) is 13.2 Å². The number of aromatic nitrogens is 4.